The van der Waals surface area contributed by atoms with Gasteiger partial charge in [-0.15, -0.1) is 0 Å². The molecule has 0 saturated carbocycles. The number of hydrogen-bond donors (Lipinski definition) is 1. The average Bonchev–Trinajstić information content (AvgIpc) is 2.19. The first-order valence-electron chi connectivity index (χ1n) is 4.45. The van der Waals surface area contributed by atoms with Crippen LogP contribution in [-0.2, 0) is 0 Å². The molecule has 0 bridgehead atoms. The number of pyridine rings is 2. The number of aromatic carboxylic acids is 1. The number of aromatic nitrogens is 1. The minimum atomic E-state index is -1.03. The van der Waals surface area contributed by atoms with Crippen LogP contribution < -0.4 is 5.56 Å². The van der Waals surface area contributed by atoms with Gasteiger partial charge in [0.1, 0.15) is 0 Å². The second-order valence-corrected chi connectivity index (χ2v) is 3.30. The number of rotatable bonds is 1. The zero-order chi connectivity index (χ0) is 11.0. The number of fused-ring (bicyclic) bond motifs is 1. The first-order chi connectivity index (χ1) is 7.11. The standard InChI is InChI=1S/C11H9NO3/c1-7-3-2-6-12-9(13)5-4-8(10(7)12)11(14)15/h2-6H,1H3,(H,14,15). The van der Waals surface area contributed by atoms with Gasteiger partial charge in [-0.2, -0.15) is 0 Å². The topological polar surface area (TPSA) is 58.8 Å². The van der Waals surface area contributed by atoms with Gasteiger partial charge in [-0.05, 0) is 24.6 Å². The summed E-state index contributed by atoms with van der Waals surface area (Å²) in [5.41, 5.74) is 1.15. The van der Waals surface area contributed by atoms with Crippen LogP contribution in [0.4, 0.5) is 0 Å². The van der Waals surface area contributed by atoms with E-state index in [0.717, 1.165) is 5.56 Å². The maximum absolute atomic E-state index is 11.5. The molecule has 2 aromatic rings. The smallest absolute Gasteiger partial charge is 0.337 e. The van der Waals surface area contributed by atoms with E-state index < -0.39 is 5.97 Å². The van der Waals surface area contributed by atoms with Crippen molar-refractivity contribution in [3.05, 3.63) is 51.9 Å². The molecular formula is C11H9NO3. The fraction of sp³-hybridized carbons (Fsp3) is 0.0909. The number of nitrogens with zero attached hydrogens (tertiary/aromatic N) is 1. The van der Waals surface area contributed by atoms with Gasteiger partial charge in [0.25, 0.3) is 5.56 Å². The maximum atomic E-state index is 11.5. The first kappa shape index (κ1) is 9.45. The van der Waals surface area contributed by atoms with Crippen LogP contribution in [0.1, 0.15) is 15.9 Å². The van der Waals surface area contributed by atoms with Crippen molar-refractivity contribution in [2.24, 2.45) is 0 Å². The van der Waals surface area contributed by atoms with E-state index in [1.54, 1.807) is 25.3 Å². The maximum Gasteiger partial charge on any atom is 0.337 e. The van der Waals surface area contributed by atoms with Gasteiger partial charge in [-0.3, -0.25) is 9.20 Å². The van der Waals surface area contributed by atoms with Crippen molar-refractivity contribution in [2.75, 3.05) is 0 Å². The second-order valence-electron chi connectivity index (χ2n) is 3.30. The van der Waals surface area contributed by atoms with Crippen LogP contribution in [0.5, 0.6) is 0 Å². The molecule has 2 rings (SSSR count). The summed E-state index contributed by atoms with van der Waals surface area (Å²) < 4.78 is 1.35. The van der Waals surface area contributed by atoms with Crippen LogP contribution in [0.3, 0.4) is 0 Å². The summed E-state index contributed by atoms with van der Waals surface area (Å²) in [6.45, 7) is 1.78. The molecule has 0 spiro atoms. The lowest BCUT2D eigenvalue weighted by atomic mass is 10.1. The third-order valence-electron chi connectivity index (χ3n) is 2.31. The fourth-order valence-electron chi connectivity index (χ4n) is 1.63. The quantitative estimate of drug-likeness (QED) is 0.760. The zero-order valence-corrected chi connectivity index (χ0v) is 8.10. The van der Waals surface area contributed by atoms with Gasteiger partial charge in [0, 0.05) is 12.3 Å². The van der Waals surface area contributed by atoms with E-state index >= 15 is 0 Å². The van der Waals surface area contributed by atoms with Crippen LogP contribution in [0.25, 0.3) is 5.52 Å². The fourth-order valence-corrected chi connectivity index (χ4v) is 1.63. The highest BCUT2D eigenvalue weighted by Gasteiger charge is 2.10. The highest BCUT2D eigenvalue weighted by Crippen LogP contribution is 2.13. The van der Waals surface area contributed by atoms with Gasteiger partial charge in [0.15, 0.2) is 0 Å². The summed E-state index contributed by atoms with van der Waals surface area (Å²) in [5, 5.41) is 8.98. The van der Waals surface area contributed by atoms with Crippen molar-refractivity contribution in [2.45, 2.75) is 6.92 Å². The first-order valence-corrected chi connectivity index (χ1v) is 4.45. The van der Waals surface area contributed by atoms with Crippen molar-refractivity contribution in [1.82, 2.24) is 4.40 Å². The van der Waals surface area contributed by atoms with E-state index in [1.807, 2.05) is 0 Å². The highest BCUT2D eigenvalue weighted by atomic mass is 16.4. The van der Waals surface area contributed by atoms with Crippen LogP contribution in [0, 0.1) is 6.92 Å². The average molecular weight is 203 g/mol. The monoisotopic (exact) mass is 203 g/mol. The molecular weight excluding hydrogens is 194 g/mol. The number of carboxylic acids is 1. The molecule has 15 heavy (non-hydrogen) atoms. The number of hydrogen-bond acceptors (Lipinski definition) is 2. The van der Waals surface area contributed by atoms with Crippen molar-refractivity contribution in [1.29, 1.82) is 0 Å². The Bertz CT molecular complexity index is 598. The van der Waals surface area contributed by atoms with Crippen molar-refractivity contribution in [3.63, 3.8) is 0 Å². The van der Waals surface area contributed by atoms with Crippen LogP contribution in [0.2, 0.25) is 0 Å². The van der Waals surface area contributed by atoms with Crippen molar-refractivity contribution < 1.29 is 9.90 Å². The molecule has 4 nitrogen and oxygen atoms in total. The van der Waals surface area contributed by atoms with E-state index in [2.05, 4.69) is 0 Å². The van der Waals surface area contributed by atoms with Gasteiger partial charge in [0.2, 0.25) is 0 Å². The molecule has 76 valence electrons. The molecule has 0 aliphatic rings. The van der Waals surface area contributed by atoms with E-state index in [9.17, 15) is 9.59 Å². The van der Waals surface area contributed by atoms with E-state index in [1.165, 1.54) is 16.5 Å². The molecule has 0 unspecified atom stereocenters. The SMILES string of the molecule is Cc1cccn2c(=O)ccc(C(=O)O)c12. The Morgan fingerprint density at radius 1 is 1.33 bits per heavy atom. The van der Waals surface area contributed by atoms with Crippen molar-refractivity contribution >= 4 is 11.5 Å². The molecule has 2 aromatic heterocycles. The Labute approximate surface area is 85.4 Å². The summed E-state index contributed by atoms with van der Waals surface area (Å²) in [6, 6.07) is 6.10. The number of carbonyl (C=O) groups is 1. The predicted molar refractivity (Wildman–Crippen MR) is 55.4 cm³/mol. The number of aryl methyl sites for hydroxylation is 1. The van der Waals surface area contributed by atoms with Crippen LogP contribution in [-0.4, -0.2) is 15.5 Å². The lowest BCUT2D eigenvalue weighted by molar-refractivity contribution is 0.0698. The third-order valence-corrected chi connectivity index (χ3v) is 2.31. The van der Waals surface area contributed by atoms with Gasteiger partial charge in [-0.1, -0.05) is 6.07 Å². The molecule has 2 heterocycles. The van der Waals surface area contributed by atoms with Gasteiger partial charge < -0.3 is 5.11 Å². The molecule has 0 atom stereocenters. The second kappa shape index (κ2) is 3.24. The Hall–Kier alpha value is -2.10. The minimum absolute atomic E-state index is 0.146. The van der Waals surface area contributed by atoms with Gasteiger partial charge >= 0.3 is 5.97 Å². The van der Waals surface area contributed by atoms with Gasteiger partial charge in [0.05, 0.1) is 11.1 Å². The Morgan fingerprint density at radius 3 is 2.73 bits per heavy atom. The molecule has 0 aliphatic carbocycles. The predicted octanol–water partition coefficient (Wildman–Crippen LogP) is 1.31. The van der Waals surface area contributed by atoms with E-state index in [-0.39, 0.29) is 11.1 Å². The lowest BCUT2D eigenvalue weighted by Crippen LogP contribution is -2.15. The Kier molecular flexibility index (Phi) is 2.04. The van der Waals surface area contributed by atoms with Crippen LogP contribution >= 0.6 is 0 Å². The molecule has 4 heteroatoms. The Balaban J connectivity index is 3.03. The molecule has 0 aliphatic heterocycles. The van der Waals surface area contributed by atoms with Gasteiger partial charge in [-0.25, -0.2) is 4.79 Å². The minimum Gasteiger partial charge on any atom is -0.478 e. The molecule has 0 amide bonds. The lowest BCUT2D eigenvalue weighted by Gasteiger charge is -2.06. The molecule has 1 N–H and O–H groups in total. The third kappa shape index (κ3) is 1.40. The highest BCUT2D eigenvalue weighted by molar-refractivity contribution is 5.96. The molecule has 0 aromatic carbocycles. The summed E-state index contributed by atoms with van der Waals surface area (Å²) in [7, 11) is 0. The molecule has 0 fully saturated rings. The Morgan fingerprint density at radius 2 is 2.07 bits per heavy atom. The van der Waals surface area contributed by atoms with Crippen LogP contribution in [0.15, 0.2) is 35.3 Å². The summed E-state index contributed by atoms with van der Waals surface area (Å²) >= 11 is 0. The molecule has 0 saturated heterocycles. The summed E-state index contributed by atoms with van der Waals surface area (Å²) in [6.07, 6.45) is 1.57. The van der Waals surface area contributed by atoms with E-state index in [4.69, 9.17) is 5.11 Å². The summed E-state index contributed by atoms with van der Waals surface area (Å²) in [4.78, 5) is 22.4. The molecule has 0 radical (unpaired) electrons. The van der Waals surface area contributed by atoms with Crippen molar-refractivity contribution in [3.8, 4) is 0 Å². The zero-order valence-electron chi connectivity index (χ0n) is 8.10. The number of carboxylic acid groups (broad SMARTS) is 1. The normalized spacial score (nSPS) is 10.5. The van der Waals surface area contributed by atoms with E-state index in [0.29, 0.717) is 5.52 Å². The largest absolute Gasteiger partial charge is 0.478 e. The summed E-state index contributed by atoms with van der Waals surface area (Å²) in [5.74, 6) is -1.03.